The second-order valence-corrected chi connectivity index (χ2v) is 5.99. The van der Waals surface area contributed by atoms with Gasteiger partial charge in [-0.15, -0.1) is 0 Å². The summed E-state index contributed by atoms with van der Waals surface area (Å²) < 4.78 is 31.9. The lowest BCUT2D eigenvalue weighted by Gasteiger charge is -2.10. The third kappa shape index (κ3) is 4.91. The number of rotatable bonds is 8. The molecule has 5 nitrogen and oxygen atoms in total. The molecule has 0 atom stereocenters. The van der Waals surface area contributed by atoms with Crippen LogP contribution in [0.2, 0.25) is 0 Å². The molecule has 0 aliphatic heterocycles. The molecule has 0 bridgehead atoms. The maximum absolute atomic E-state index is 12.1. The number of ether oxygens (including phenoxy) is 1. The van der Waals surface area contributed by atoms with Crippen molar-refractivity contribution >= 4 is 10.0 Å². The Morgan fingerprint density at radius 1 is 1.37 bits per heavy atom. The molecule has 0 radical (unpaired) electrons. The SMILES string of the molecule is CCOCCCNS(=O)(=O)c1ccc(CN)cc1C. The van der Waals surface area contributed by atoms with E-state index < -0.39 is 10.0 Å². The third-order valence-corrected chi connectivity index (χ3v) is 4.35. The van der Waals surface area contributed by atoms with Gasteiger partial charge in [-0.1, -0.05) is 12.1 Å². The summed E-state index contributed by atoms with van der Waals surface area (Å²) in [5.74, 6) is 0. The van der Waals surface area contributed by atoms with Crippen LogP contribution < -0.4 is 10.5 Å². The minimum Gasteiger partial charge on any atom is -0.382 e. The van der Waals surface area contributed by atoms with Gasteiger partial charge in [0, 0.05) is 26.3 Å². The van der Waals surface area contributed by atoms with Crippen LogP contribution in [0, 0.1) is 6.92 Å². The molecule has 0 saturated carbocycles. The van der Waals surface area contributed by atoms with Crippen LogP contribution >= 0.6 is 0 Å². The largest absolute Gasteiger partial charge is 0.382 e. The summed E-state index contributed by atoms with van der Waals surface area (Å²) in [6.45, 7) is 5.67. The zero-order chi connectivity index (χ0) is 14.3. The molecular formula is C13H22N2O3S. The molecule has 1 aromatic rings. The smallest absolute Gasteiger partial charge is 0.240 e. The van der Waals surface area contributed by atoms with E-state index in [2.05, 4.69) is 4.72 Å². The quantitative estimate of drug-likeness (QED) is 0.703. The van der Waals surface area contributed by atoms with Gasteiger partial charge in [0.25, 0.3) is 0 Å². The molecule has 0 unspecified atom stereocenters. The van der Waals surface area contributed by atoms with E-state index in [1.165, 1.54) is 0 Å². The van der Waals surface area contributed by atoms with Crippen LogP contribution in [0.1, 0.15) is 24.5 Å². The van der Waals surface area contributed by atoms with Crippen molar-refractivity contribution < 1.29 is 13.2 Å². The number of benzene rings is 1. The first kappa shape index (κ1) is 16.1. The summed E-state index contributed by atoms with van der Waals surface area (Å²) in [6.07, 6.45) is 0.660. The Labute approximate surface area is 115 Å². The second kappa shape index (κ2) is 7.59. The van der Waals surface area contributed by atoms with Gasteiger partial charge in [0.1, 0.15) is 0 Å². The summed E-state index contributed by atoms with van der Waals surface area (Å²) in [5, 5.41) is 0. The minimum absolute atomic E-state index is 0.307. The highest BCUT2D eigenvalue weighted by Gasteiger charge is 2.15. The molecule has 0 spiro atoms. The Morgan fingerprint density at radius 2 is 2.11 bits per heavy atom. The molecule has 0 fully saturated rings. The summed E-state index contributed by atoms with van der Waals surface area (Å²) in [4.78, 5) is 0.307. The molecule has 0 aliphatic carbocycles. The Kier molecular flexibility index (Phi) is 6.44. The summed E-state index contributed by atoms with van der Waals surface area (Å²) in [7, 11) is -3.45. The van der Waals surface area contributed by atoms with E-state index in [-0.39, 0.29) is 0 Å². The summed E-state index contributed by atoms with van der Waals surface area (Å²) >= 11 is 0. The normalized spacial score (nSPS) is 11.7. The fourth-order valence-electron chi connectivity index (χ4n) is 1.74. The molecule has 19 heavy (non-hydrogen) atoms. The van der Waals surface area contributed by atoms with Gasteiger partial charge in [0.2, 0.25) is 10.0 Å². The van der Waals surface area contributed by atoms with Crippen LogP contribution in [0.3, 0.4) is 0 Å². The number of hydrogen-bond acceptors (Lipinski definition) is 4. The fourth-order valence-corrected chi connectivity index (χ4v) is 3.04. The van der Waals surface area contributed by atoms with Crippen LogP contribution in [-0.2, 0) is 21.3 Å². The lowest BCUT2D eigenvalue weighted by Crippen LogP contribution is -2.26. The maximum Gasteiger partial charge on any atom is 0.240 e. The lowest BCUT2D eigenvalue weighted by molar-refractivity contribution is 0.146. The van der Waals surface area contributed by atoms with Crippen molar-refractivity contribution in [2.45, 2.75) is 31.7 Å². The van der Waals surface area contributed by atoms with Crippen molar-refractivity contribution in [1.82, 2.24) is 4.72 Å². The Hall–Kier alpha value is -0.950. The van der Waals surface area contributed by atoms with Crippen molar-refractivity contribution in [1.29, 1.82) is 0 Å². The highest BCUT2D eigenvalue weighted by atomic mass is 32.2. The fraction of sp³-hybridized carbons (Fsp3) is 0.538. The van der Waals surface area contributed by atoms with Gasteiger partial charge in [-0.05, 0) is 37.5 Å². The second-order valence-electron chi connectivity index (χ2n) is 4.25. The Morgan fingerprint density at radius 3 is 2.68 bits per heavy atom. The van der Waals surface area contributed by atoms with E-state index in [0.717, 1.165) is 5.56 Å². The van der Waals surface area contributed by atoms with Gasteiger partial charge in [0.05, 0.1) is 4.90 Å². The highest BCUT2D eigenvalue weighted by molar-refractivity contribution is 7.89. The Balaban J connectivity index is 2.67. The van der Waals surface area contributed by atoms with E-state index in [1.54, 1.807) is 25.1 Å². The van der Waals surface area contributed by atoms with E-state index in [4.69, 9.17) is 10.5 Å². The van der Waals surface area contributed by atoms with Crippen LogP contribution in [0.25, 0.3) is 0 Å². The number of nitrogens with one attached hydrogen (secondary N) is 1. The van der Waals surface area contributed by atoms with Crippen molar-refractivity contribution in [2.24, 2.45) is 5.73 Å². The van der Waals surface area contributed by atoms with Gasteiger partial charge in [-0.3, -0.25) is 0 Å². The minimum atomic E-state index is -3.45. The molecular weight excluding hydrogens is 264 g/mol. The molecule has 0 aromatic heterocycles. The zero-order valence-corrected chi connectivity index (χ0v) is 12.3. The summed E-state index contributed by atoms with van der Waals surface area (Å²) in [6, 6.07) is 5.14. The standard InChI is InChI=1S/C13H22N2O3S/c1-3-18-8-4-7-15-19(16,17)13-6-5-12(10-14)9-11(13)2/h5-6,9,15H,3-4,7-8,10,14H2,1-2H3. The molecule has 6 heteroatoms. The average molecular weight is 286 g/mol. The zero-order valence-electron chi connectivity index (χ0n) is 11.5. The first-order chi connectivity index (χ1) is 9.01. The van der Waals surface area contributed by atoms with Crippen molar-refractivity contribution in [3.8, 4) is 0 Å². The maximum atomic E-state index is 12.1. The van der Waals surface area contributed by atoms with Gasteiger partial charge in [-0.2, -0.15) is 0 Å². The lowest BCUT2D eigenvalue weighted by atomic mass is 10.1. The van der Waals surface area contributed by atoms with Crippen molar-refractivity contribution in [3.05, 3.63) is 29.3 Å². The first-order valence-corrected chi connectivity index (χ1v) is 7.86. The molecule has 3 N–H and O–H groups in total. The van der Waals surface area contributed by atoms with Gasteiger partial charge in [0.15, 0.2) is 0 Å². The monoisotopic (exact) mass is 286 g/mol. The van der Waals surface area contributed by atoms with E-state index in [1.807, 2.05) is 6.92 Å². The van der Waals surface area contributed by atoms with Crippen molar-refractivity contribution in [2.75, 3.05) is 19.8 Å². The molecule has 1 rings (SSSR count). The number of aryl methyl sites for hydroxylation is 1. The van der Waals surface area contributed by atoms with Gasteiger partial charge in [-0.25, -0.2) is 13.1 Å². The summed E-state index contributed by atoms with van der Waals surface area (Å²) in [5.41, 5.74) is 7.16. The van der Waals surface area contributed by atoms with E-state index in [9.17, 15) is 8.42 Å². The number of sulfonamides is 1. The highest BCUT2D eigenvalue weighted by Crippen LogP contribution is 2.16. The number of nitrogens with two attached hydrogens (primary N) is 1. The predicted molar refractivity (Wildman–Crippen MR) is 75.4 cm³/mol. The molecule has 0 aliphatic rings. The van der Waals surface area contributed by atoms with Crippen LogP contribution in [-0.4, -0.2) is 28.2 Å². The van der Waals surface area contributed by atoms with Crippen LogP contribution in [0.15, 0.2) is 23.1 Å². The Bertz CT molecular complexity index is 501. The van der Waals surface area contributed by atoms with Crippen LogP contribution in [0.5, 0.6) is 0 Å². The topological polar surface area (TPSA) is 81.4 Å². The molecule has 0 heterocycles. The van der Waals surface area contributed by atoms with Gasteiger partial charge >= 0.3 is 0 Å². The van der Waals surface area contributed by atoms with E-state index in [0.29, 0.717) is 43.2 Å². The molecule has 108 valence electrons. The number of hydrogen-bond donors (Lipinski definition) is 2. The van der Waals surface area contributed by atoms with Gasteiger partial charge < -0.3 is 10.5 Å². The average Bonchev–Trinajstić information content (AvgIpc) is 2.37. The van der Waals surface area contributed by atoms with Crippen LogP contribution in [0.4, 0.5) is 0 Å². The third-order valence-electron chi connectivity index (χ3n) is 2.73. The van der Waals surface area contributed by atoms with Crippen molar-refractivity contribution in [3.63, 3.8) is 0 Å². The first-order valence-electron chi connectivity index (χ1n) is 6.38. The molecule has 0 saturated heterocycles. The molecule has 1 aromatic carbocycles. The predicted octanol–water partition coefficient (Wildman–Crippen LogP) is 1.16. The van der Waals surface area contributed by atoms with E-state index >= 15 is 0 Å². The molecule has 0 amide bonds.